The molecule has 138 valence electrons. The summed E-state index contributed by atoms with van der Waals surface area (Å²) in [6, 6.07) is 0. The summed E-state index contributed by atoms with van der Waals surface area (Å²) in [6.45, 7) is 28.6. The third kappa shape index (κ3) is 6.00. The van der Waals surface area contributed by atoms with E-state index >= 15 is 0 Å². The molecule has 2 saturated heterocycles. The zero-order chi connectivity index (χ0) is 17.3. The van der Waals surface area contributed by atoms with Gasteiger partial charge in [0.1, 0.15) is 0 Å². The fourth-order valence-electron chi connectivity index (χ4n) is 3.95. The van der Waals surface area contributed by atoms with Crippen molar-refractivity contribution in [1.29, 1.82) is 0 Å². The first-order chi connectivity index (χ1) is 11.0. The zero-order valence-corrected chi connectivity index (χ0v) is 17.0. The number of hydrogen-bond acceptors (Lipinski definition) is 2. The summed E-state index contributed by atoms with van der Waals surface area (Å²) in [4.78, 5) is 4.99. The van der Waals surface area contributed by atoms with Crippen molar-refractivity contribution in [2.24, 2.45) is 0 Å². The van der Waals surface area contributed by atoms with Crippen molar-refractivity contribution in [3.63, 3.8) is 0 Å². The van der Waals surface area contributed by atoms with Gasteiger partial charge in [-0.15, -0.1) is 0 Å². The average molecular weight is 329 g/mol. The van der Waals surface area contributed by atoms with Gasteiger partial charge in [-0.3, -0.25) is 9.80 Å². The minimum Gasteiger partial charge on any atom is -0.322 e. The lowest BCUT2D eigenvalue weighted by Crippen LogP contribution is -2.59. The third-order valence-corrected chi connectivity index (χ3v) is 6.82. The number of likely N-dealkylation sites (N-methyl/N-ethyl adjacent to an activating group) is 4. The molecule has 2 rings (SSSR count). The minimum absolute atomic E-state index is 1.23. The fourth-order valence-corrected chi connectivity index (χ4v) is 3.95. The van der Waals surface area contributed by atoms with E-state index < -0.39 is 0 Å². The van der Waals surface area contributed by atoms with Crippen LogP contribution in [0.5, 0.6) is 0 Å². The second kappa shape index (κ2) is 9.97. The maximum Gasteiger partial charge on any atom is 0.0916 e. The van der Waals surface area contributed by atoms with Crippen LogP contribution in [-0.2, 0) is 0 Å². The van der Waals surface area contributed by atoms with Crippen molar-refractivity contribution in [2.75, 3.05) is 92.1 Å². The molecule has 0 N–H and O–H groups in total. The van der Waals surface area contributed by atoms with Gasteiger partial charge in [-0.25, -0.2) is 0 Å². The molecule has 0 spiro atoms. The van der Waals surface area contributed by atoms with Crippen LogP contribution >= 0.6 is 0 Å². The van der Waals surface area contributed by atoms with Crippen molar-refractivity contribution >= 4 is 0 Å². The standard InChI is InChI=1S/C10H23N2.C9H21N2/c1-4-11-7-9-12(5-2,6-3)10-8-11;1-4-11(5-2)8-6-10(3)7-9-11/h4-10H2,1-3H3;4-9H2,1-3H3/q2*+1. The molecule has 0 radical (unpaired) electrons. The Morgan fingerprint density at radius 1 is 0.609 bits per heavy atom. The second-order valence-electron chi connectivity index (χ2n) is 7.58. The molecule has 2 heterocycles. The van der Waals surface area contributed by atoms with Gasteiger partial charge in [-0.1, -0.05) is 6.92 Å². The summed E-state index contributed by atoms with van der Waals surface area (Å²) >= 11 is 0. The largest absolute Gasteiger partial charge is 0.322 e. The molecular weight excluding hydrogens is 284 g/mol. The van der Waals surface area contributed by atoms with Gasteiger partial charge in [0.15, 0.2) is 0 Å². The van der Waals surface area contributed by atoms with E-state index in [2.05, 4.69) is 51.5 Å². The van der Waals surface area contributed by atoms with Crippen LogP contribution in [0.1, 0.15) is 34.6 Å². The monoisotopic (exact) mass is 328 g/mol. The summed E-state index contributed by atoms with van der Waals surface area (Å²) in [6.07, 6.45) is 0. The molecule has 0 unspecified atom stereocenters. The zero-order valence-electron chi connectivity index (χ0n) is 17.0. The highest BCUT2D eigenvalue weighted by molar-refractivity contribution is 4.61. The van der Waals surface area contributed by atoms with Crippen LogP contribution in [0.3, 0.4) is 0 Å². The Labute approximate surface area is 146 Å². The van der Waals surface area contributed by atoms with Crippen LogP contribution in [0.25, 0.3) is 0 Å². The quantitative estimate of drug-likeness (QED) is 0.712. The Kier molecular flexibility index (Phi) is 9.06. The summed E-state index contributed by atoms with van der Waals surface area (Å²) in [7, 11) is 2.22. The van der Waals surface area contributed by atoms with E-state index in [4.69, 9.17) is 0 Å². The Morgan fingerprint density at radius 2 is 0.957 bits per heavy atom. The molecule has 4 heteroatoms. The van der Waals surface area contributed by atoms with Crippen LogP contribution in [0.4, 0.5) is 0 Å². The van der Waals surface area contributed by atoms with Crippen LogP contribution in [0, 0.1) is 0 Å². The molecule has 2 aliphatic heterocycles. The number of quaternary nitrogens is 2. The van der Waals surface area contributed by atoms with E-state index in [1.54, 1.807) is 0 Å². The lowest BCUT2D eigenvalue weighted by atomic mass is 10.2. The van der Waals surface area contributed by atoms with Gasteiger partial charge in [0, 0.05) is 26.2 Å². The number of hydrogen-bond donors (Lipinski definition) is 0. The van der Waals surface area contributed by atoms with Gasteiger partial charge in [-0.2, -0.15) is 0 Å². The highest BCUT2D eigenvalue weighted by Crippen LogP contribution is 2.12. The molecule has 2 aliphatic rings. The summed E-state index contributed by atoms with van der Waals surface area (Å²) < 4.78 is 2.68. The van der Waals surface area contributed by atoms with Crippen LogP contribution in [0.2, 0.25) is 0 Å². The van der Waals surface area contributed by atoms with Crippen LogP contribution in [-0.4, -0.2) is 111 Å². The Hall–Kier alpha value is -0.160. The van der Waals surface area contributed by atoms with Crippen molar-refractivity contribution in [3.8, 4) is 0 Å². The van der Waals surface area contributed by atoms with E-state index in [-0.39, 0.29) is 0 Å². The number of nitrogens with zero attached hydrogens (tertiary/aromatic N) is 4. The molecule has 0 aliphatic carbocycles. The molecule has 0 amide bonds. The van der Waals surface area contributed by atoms with Crippen molar-refractivity contribution in [3.05, 3.63) is 0 Å². The van der Waals surface area contributed by atoms with E-state index in [1.165, 1.54) is 94.0 Å². The van der Waals surface area contributed by atoms with E-state index in [1.807, 2.05) is 0 Å². The Balaban J connectivity index is 0.000000231. The molecule has 0 aromatic heterocycles. The van der Waals surface area contributed by atoms with E-state index in [0.29, 0.717) is 0 Å². The first-order valence-corrected chi connectivity index (χ1v) is 10.1. The van der Waals surface area contributed by atoms with Gasteiger partial charge in [0.25, 0.3) is 0 Å². The van der Waals surface area contributed by atoms with Gasteiger partial charge in [0.05, 0.1) is 52.4 Å². The summed E-state index contributed by atoms with van der Waals surface area (Å²) in [5.74, 6) is 0. The maximum atomic E-state index is 2.56. The SMILES string of the molecule is CCN1CC[N+](CC)(CC)CC1.CC[N+]1(CC)CCN(C)CC1. The predicted octanol–water partition coefficient (Wildman–Crippen LogP) is 1.97. The second-order valence-corrected chi connectivity index (χ2v) is 7.58. The van der Waals surface area contributed by atoms with Gasteiger partial charge < -0.3 is 8.97 Å². The smallest absolute Gasteiger partial charge is 0.0916 e. The van der Waals surface area contributed by atoms with E-state index in [9.17, 15) is 0 Å². The number of rotatable bonds is 5. The number of piperazine rings is 2. The average Bonchev–Trinajstić information content (AvgIpc) is 2.63. The Bertz CT molecular complexity index is 290. The highest BCUT2D eigenvalue weighted by Gasteiger charge is 2.29. The summed E-state index contributed by atoms with van der Waals surface area (Å²) in [5.41, 5.74) is 0. The lowest BCUT2D eigenvalue weighted by molar-refractivity contribution is -0.928. The molecule has 4 nitrogen and oxygen atoms in total. The van der Waals surface area contributed by atoms with Gasteiger partial charge >= 0.3 is 0 Å². The third-order valence-electron chi connectivity index (χ3n) is 6.82. The van der Waals surface area contributed by atoms with Crippen molar-refractivity contribution in [1.82, 2.24) is 9.80 Å². The van der Waals surface area contributed by atoms with Crippen molar-refractivity contribution in [2.45, 2.75) is 34.6 Å². The fraction of sp³-hybridized carbons (Fsp3) is 1.00. The van der Waals surface area contributed by atoms with Gasteiger partial charge in [0.2, 0.25) is 0 Å². The molecule has 2 fully saturated rings. The minimum atomic E-state index is 1.23. The normalized spacial score (nSPS) is 24.8. The molecule has 0 aromatic rings. The molecule has 0 bridgehead atoms. The molecule has 0 aromatic carbocycles. The lowest BCUT2D eigenvalue weighted by Gasteiger charge is -2.43. The first-order valence-electron chi connectivity index (χ1n) is 10.1. The van der Waals surface area contributed by atoms with Crippen LogP contribution in [0.15, 0.2) is 0 Å². The van der Waals surface area contributed by atoms with E-state index in [0.717, 1.165) is 0 Å². The van der Waals surface area contributed by atoms with Crippen LogP contribution < -0.4 is 0 Å². The summed E-state index contributed by atoms with van der Waals surface area (Å²) in [5, 5.41) is 0. The first kappa shape index (κ1) is 20.9. The highest BCUT2D eigenvalue weighted by atomic mass is 15.4. The molecule has 0 saturated carbocycles. The van der Waals surface area contributed by atoms with Gasteiger partial charge in [-0.05, 0) is 41.3 Å². The molecule has 23 heavy (non-hydrogen) atoms. The topological polar surface area (TPSA) is 6.48 Å². The Morgan fingerprint density at radius 3 is 1.26 bits per heavy atom. The predicted molar refractivity (Wildman–Crippen MR) is 102 cm³/mol. The molecule has 0 atom stereocenters. The van der Waals surface area contributed by atoms with Crippen molar-refractivity contribution < 1.29 is 8.97 Å². The molecular formula is C19H44N4+2. The maximum absolute atomic E-state index is 2.56.